The van der Waals surface area contributed by atoms with Crippen molar-refractivity contribution in [1.82, 2.24) is 10.3 Å². The first-order valence-corrected chi connectivity index (χ1v) is 6.53. The Kier molecular flexibility index (Phi) is 4.45. The lowest BCUT2D eigenvalue weighted by molar-refractivity contribution is -0.156. The minimum absolute atomic E-state index is 0.327. The fourth-order valence-corrected chi connectivity index (χ4v) is 1.78. The van der Waals surface area contributed by atoms with Gasteiger partial charge in [-0.05, 0) is 34.6 Å². The van der Waals surface area contributed by atoms with Gasteiger partial charge < -0.3 is 10.1 Å². The van der Waals surface area contributed by atoms with Gasteiger partial charge in [0, 0.05) is 5.38 Å². The van der Waals surface area contributed by atoms with Crippen LogP contribution in [0.3, 0.4) is 0 Å². The molecule has 100 valence electrons. The molecule has 5 nitrogen and oxygen atoms in total. The summed E-state index contributed by atoms with van der Waals surface area (Å²) in [5, 5.41) is 5.03. The van der Waals surface area contributed by atoms with Crippen LogP contribution in [0.4, 0.5) is 0 Å². The van der Waals surface area contributed by atoms with E-state index in [-0.39, 0.29) is 5.91 Å². The van der Waals surface area contributed by atoms with Gasteiger partial charge in [-0.3, -0.25) is 4.79 Å². The molecule has 0 aliphatic heterocycles. The second-order valence-electron chi connectivity index (χ2n) is 4.98. The molecular weight excluding hydrogens is 252 g/mol. The Morgan fingerprint density at radius 1 is 1.44 bits per heavy atom. The van der Waals surface area contributed by atoms with Crippen molar-refractivity contribution in [3.05, 3.63) is 16.1 Å². The van der Waals surface area contributed by atoms with E-state index in [1.54, 1.807) is 33.1 Å². The van der Waals surface area contributed by atoms with Crippen LogP contribution in [0.15, 0.2) is 5.38 Å². The Hall–Kier alpha value is -1.43. The van der Waals surface area contributed by atoms with Crippen LogP contribution in [0, 0.1) is 6.92 Å². The van der Waals surface area contributed by atoms with E-state index in [0.717, 1.165) is 5.01 Å². The van der Waals surface area contributed by atoms with E-state index in [9.17, 15) is 9.59 Å². The standard InChI is InChI=1S/C12H18N2O3S/c1-7(11(16)17-12(3,4)5)13-10(15)9-6-18-8(2)14-9/h6-7H,1-5H3,(H,13,15)/t7-/m0/s1. The summed E-state index contributed by atoms with van der Waals surface area (Å²) in [4.78, 5) is 27.5. The summed E-state index contributed by atoms with van der Waals surface area (Å²) >= 11 is 1.39. The highest BCUT2D eigenvalue weighted by Crippen LogP contribution is 2.10. The second-order valence-corrected chi connectivity index (χ2v) is 6.04. The Labute approximate surface area is 111 Å². The molecule has 1 atom stereocenters. The number of aromatic nitrogens is 1. The number of aryl methyl sites for hydroxylation is 1. The predicted molar refractivity (Wildman–Crippen MR) is 69.6 cm³/mol. The van der Waals surface area contributed by atoms with Crippen LogP contribution in [0.5, 0.6) is 0 Å². The SMILES string of the molecule is Cc1nc(C(=O)N[C@@H](C)C(=O)OC(C)(C)C)cs1. The lowest BCUT2D eigenvalue weighted by atomic mass is 10.2. The van der Waals surface area contributed by atoms with Gasteiger partial charge in [-0.15, -0.1) is 11.3 Å². The molecule has 0 bridgehead atoms. The van der Waals surface area contributed by atoms with Crippen LogP contribution in [0.25, 0.3) is 0 Å². The maximum Gasteiger partial charge on any atom is 0.328 e. The van der Waals surface area contributed by atoms with Crippen molar-refractivity contribution in [2.24, 2.45) is 0 Å². The first-order chi connectivity index (χ1) is 8.19. The van der Waals surface area contributed by atoms with Gasteiger partial charge in [0.15, 0.2) is 0 Å². The highest BCUT2D eigenvalue weighted by molar-refractivity contribution is 7.09. The van der Waals surface area contributed by atoms with E-state index in [4.69, 9.17) is 4.74 Å². The van der Waals surface area contributed by atoms with Crippen LogP contribution in [-0.2, 0) is 9.53 Å². The molecule has 0 spiro atoms. The quantitative estimate of drug-likeness (QED) is 0.852. The summed E-state index contributed by atoms with van der Waals surface area (Å²) < 4.78 is 5.17. The summed E-state index contributed by atoms with van der Waals surface area (Å²) in [6.45, 7) is 8.75. The van der Waals surface area contributed by atoms with E-state index < -0.39 is 17.6 Å². The van der Waals surface area contributed by atoms with Gasteiger partial charge in [-0.2, -0.15) is 0 Å². The molecule has 6 heteroatoms. The summed E-state index contributed by atoms with van der Waals surface area (Å²) in [6.07, 6.45) is 0. The van der Waals surface area contributed by atoms with Crippen LogP contribution >= 0.6 is 11.3 Å². The van der Waals surface area contributed by atoms with Crippen molar-refractivity contribution < 1.29 is 14.3 Å². The maximum atomic E-state index is 11.8. The third kappa shape index (κ3) is 4.44. The summed E-state index contributed by atoms with van der Waals surface area (Å²) in [5.41, 5.74) is -0.235. The smallest absolute Gasteiger partial charge is 0.328 e. The molecule has 1 N–H and O–H groups in total. The van der Waals surface area contributed by atoms with E-state index in [1.165, 1.54) is 11.3 Å². The number of carbonyl (C=O) groups excluding carboxylic acids is 2. The lowest BCUT2D eigenvalue weighted by Gasteiger charge is -2.22. The topological polar surface area (TPSA) is 68.3 Å². The molecule has 0 saturated carbocycles. The van der Waals surface area contributed by atoms with Gasteiger partial charge in [0.25, 0.3) is 5.91 Å². The number of nitrogens with zero attached hydrogens (tertiary/aromatic N) is 1. The molecule has 1 heterocycles. The summed E-state index contributed by atoms with van der Waals surface area (Å²) in [6, 6.07) is -0.696. The number of amides is 1. The molecule has 1 rings (SSSR count). The van der Waals surface area contributed by atoms with Crippen molar-refractivity contribution in [2.75, 3.05) is 0 Å². The fourth-order valence-electron chi connectivity index (χ4n) is 1.19. The number of nitrogens with one attached hydrogen (secondary N) is 1. The molecule has 0 fully saturated rings. The van der Waals surface area contributed by atoms with Crippen molar-refractivity contribution >= 4 is 23.2 Å². The third-order valence-corrected chi connectivity index (χ3v) is 2.73. The van der Waals surface area contributed by atoms with Crippen LogP contribution in [0.2, 0.25) is 0 Å². The number of thiazole rings is 1. The molecule has 18 heavy (non-hydrogen) atoms. The Morgan fingerprint density at radius 3 is 2.50 bits per heavy atom. The molecule has 0 aromatic carbocycles. The van der Waals surface area contributed by atoms with E-state index in [2.05, 4.69) is 10.3 Å². The number of hydrogen-bond acceptors (Lipinski definition) is 5. The maximum absolute atomic E-state index is 11.8. The van der Waals surface area contributed by atoms with E-state index in [1.807, 2.05) is 6.92 Å². The molecule has 1 amide bonds. The molecule has 0 aliphatic rings. The van der Waals surface area contributed by atoms with Crippen molar-refractivity contribution in [3.63, 3.8) is 0 Å². The highest BCUT2D eigenvalue weighted by atomic mass is 32.1. The average Bonchev–Trinajstić information content (AvgIpc) is 2.62. The summed E-state index contributed by atoms with van der Waals surface area (Å²) in [7, 11) is 0. The Bertz CT molecular complexity index is 448. The monoisotopic (exact) mass is 270 g/mol. The van der Waals surface area contributed by atoms with E-state index >= 15 is 0 Å². The highest BCUT2D eigenvalue weighted by Gasteiger charge is 2.23. The molecule has 0 radical (unpaired) electrons. The number of carbonyl (C=O) groups is 2. The number of esters is 1. The zero-order valence-electron chi connectivity index (χ0n) is 11.2. The van der Waals surface area contributed by atoms with Gasteiger partial charge >= 0.3 is 5.97 Å². The molecule has 0 saturated heterocycles. The van der Waals surface area contributed by atoms with E-state index in [0.29, 0.717) is 5.69 Å². The van der Waals surface area contributed by atoms with Crippen LogP contribution in [0.1, 0.15) is 43.2 Å². The lowest BCUT2D eigenvalue weighted by Crippen LogP contribution is -2.42. The molecule has 0 unspecified atom stereocenters. The zero-order chi connectivity index (χ0) is 13.9. The van der Waals surface area contributed by atoms with Gasteiger partial charge in [0.05, 0.1) is 5.01 Å². The normalized spacial score (nSPS) is 12.9. The molecule has 1 aromatic rings. The second kappa shape index (κ2) is 5.48. The summed E-state index contributed by atoms with van der Waals surface area (Å²) in [5.74, 6) is -0.819. The molecular formula is C12H18N2O3S. The van der Waals surface area contributed by atoms with Crippen molar-refractivity contribution in [2.45, 2.75) is 46.3 Å². The Morgan fingerprint density at radius 2 is 2.06 bits per heavy atom. The van der Waals surface area contributed by atoms with Gasteiger partial charge in [0.1, 0.15) is 17.3 Å². The van der Waals surface area contributed by atoms with Crippen LogP contribution in [-0.4, -0.2) is 28.5 Å². The van der Waals surface area contributed by atoms with Crippen molar-refractivity contribution in [1.29, 1.82) is 0 Å². The Balaban J connectivity index is 2.57. The first-order valence-electron chi connectivity index (χ1n) is 5.65. The minimum Gasteiger partial charge on any atom is -0.458 e. The number of rotatable bonds is 3. The minimum atomic E-state index is -0.696. The fraction of sp³-hybridized carbons (Fsp3) is 0.583. The van der Waals surface area contributed by atoms with Gasteiger partial charge in [0.2, 0.25) is 0 Å². The van der Waals surface area contributed by atoms with Crippen molar-refractivity contribution in [3.8, 4) is 0 Å². The zero-order valence-corrected chi connectivity index (χ0v) is 12.1. The molecule has 0 aliphatic carbocycles. The van der Waals surface area contributed by atoms with Crippen LogP contribution < -0.4 is 5.32 Å². The number of ether oxygens (including phenoxy) is 1. The van der Waals surface area contributed by atoms with Gasteiger partial charge in [-0.1, -0.05) is 0 Å². The van der Waals surface area contributed by atoms with Gasteiger partial charge in [-0.25, -0.2) is 9.78 Å². The first kappa shape index (κ1) is 14.6. The largest absolute Gasteiger partial charge is 0.458 e. The molecule has 1 aromatic heterocycles. The third-order valence-electron chi connectivity index (χ3n) is 1.96. The predicted octanol–water partition coefficient (Wildman–Crippen LogP) is 1.91. The average molecular weight is 270 g/mol. The number of hydrogen-bond donors (Lipinski definition) is 1.